The molecule has 2 N–H and O–H groups in total. The van der Waals surface area contributed by atoms with E-state index < -0.39 is 0 Å². The molecule has 1 aromatic rings. The number of aliphatic imine (C=N–C) groups is 1. The van der Waals surface area contributed by atoms with Crippen LogP contribution >= 0.6 is 0 Å². The highest BCUT2D eigenvalue weighted by Gasteiger charge is 2.25. The summed E-state index contributed by atoms with van der Waals surface area (Å²) < 4.78 is 11.2. The highest BCUT2D eigenvalue weighted by Crippen LogP contribution is 2.30. The first-order chi connectivity index (χ1) is 15.2. The van der Waals surface area contributed by atoms with E-state index in [0.717, 1.165) is 70.7 Å². The standard InChI is InChI=1S/C24H41N5O2/c1-4-25-24(26-18-20(2)28-14-16-31-17-15-28)27-19-22(29-12-8-5-9-13-29)21-10-6-7-11-23(21)30-3/h6-7,10-11,20,22H,4-5,8-9,12-19H2,1-3H3,(H2,25,26,27). The van der Waals surface area contributed by atoms with E-state index in [2.05, 4.69) is 52.5 Å². The second-order valence-electron chi connectivity index (χ2n) is 8.45. The molecule has 2 saturated heterocycles. The van der Waals surface area contributed by atoms with Crippen LogP contribution in [-0.4, -0.2) is 87.9 Å². The summed E-state index contributed by atoms with van der Waals surface area (Å²) in [5, 5.41) is 7.05. The summed E-state index contributed by atoms with van der Waals surface area (Å²) in [4.78, 5) is 9.96. The third-order valence-corrected chi connectivity index (χ3v) is 6.32. The summed E-state index contributed by atoms with van der Waals surface area (Å²) in [7, 11) is 1.76. The van der Waals surface area contributed by atoms with Gasteiger partial charge in [0.1, 0.15) is 5.75 Å². The first kappa shape index (κ1) is 23.8. The fourth-order valence-electron chi connectivity index (χ4n) is 4.50. The van der Waals surface area contributed by atoms with Crippen molar-refractivity contribution in [1.82, 2.24) is 20.4 Å². The van der Waals surface area contributed by atoms with E-state index in [9.17, 15) is 0 Å². The molecule has 0 aliphatic carbocycles. The van der Waals surface area contributed by atoms with Crippen LogP contribution in [0.4, 0.5) is 0 Å². The van der Waals surface area contributed by atoms with Crippen molar-refractivity contribution in [2.45, 2.75) is 45.2 Å². The van der Waals surface area contributed by atoms with E-state index in [0.29, 0.717) is 6.04 Å². The molecule has 2 unspecified atom stereocenters. The minimum atomic E-state index is 0.261. The highest BCUT2D eigenvalue weighted by molar-refractivity contribution is 5.79. The molecule has 0 bridgehead atoms. The number of methoxy groups -OCH3 is 1. The number of nitrogens with zero attached hydrogens (tertiary/aromatic N) is 3. The van der Waals surface area contributed by atoms with Gasteiger partial charge >= 0.3 is 0 Å². The van der Waals surface area contributed by atoms with E-state index in [-0.39, 0.29) is 6.04 Å². The largest absolute Gasteiger partial charge is 0.496 e. The molecule has 7 heteroatoms. The van der Waals surface area contributed by atoms with Crippen molar-refractivity contribution >= 4 is 5.96 Å². The van der Waals surface area contributed by atoms with Crippen LogP contribution < -0.4 is 15.4 Å². The Balaban J connectivity index is 1.67. The molecule has 0 radical (unpaired) electrons. The van der Waals surface area contributed by atoms with E-state index in [1.165, 1.54) is 24.8 Å². The Labute approximate surface area is 188 Å². The molecule has 2 aliphatic heterocycles. The minimum absolute atomic E-state index is 0.261. The molecule has 0 spiro atoms. The van der Waals surface area contributed by atoms with Crippen LogP contribution in [0.25, 0.3) is 0 Å². The smallest absolute Gasteiger partial charge is 0.191 e. The van der Waals surface area contributed by atoms with Gasteiger partial charge in [-0.3, -0.25) is 14.8 Å². The summed E-state index contributed by atoms with van der Waals surface area (Å²) in [6, 6.07) is 9.09. The van der Waals surface area contributed by atoms with Gasteiger partial charge in [-0.2, -0.15) is 0 Å². The molecule has 2 heterocycles. The van der Waals surface area contributed by atoms with Gasteiger partial charge in [0.15, 0.2) is 5.96 Å². The zero-order valence-corrected chi connectivity index (χ0v) is 19.6. The van der Waals surface area contributed by atoms with Crippen LogP contribution in [0.5, 0.6) is 5.75 Å². The first-order valence-electron chi connectivity index (χ1n) is 11.9. The lowest BCUT2D eigenvalue weighted by Gasteiger charge is -2.36. The van der Waals surface area contributed by atoms with Crippen LogP contribution in [0.2, 0.25) is 0 Å². The van der Waals surface area contributed by atoms with Crippen LogP contribution in [0.1, 0.15) is 44.7 Å². The molecule has 3 rings (SSSR count). The lowest BCUT2D eigenvalue weighted by Crippen LogP contribution is -2.46. The van der Waals surface area contributed by atoms with Gasteiger partial charge < -0.3 is 20.1 Å². The zero-order chi connectivity index (χ0) is 21.9. The lowest BCUT2D eigenvalue weighted by atomic mass is 10.0. The van der Waals surface area contributed by atoms with Crippen molar-refractivity contribution < 1.29 is 9.47 Å². The summed E-state index contributed by atoms with van der Waals surface area (Å²) >= 11 is 0. The number of morpholine rings is 1. The summed E-state index contributed by atoms with van der Waals surface area (Å²) in [5.74, 6) is 1.85. The number of ether oxygens (including phenoxy) is 2. The Morgan fingerprint density at radius 1 is 1.06 bits per heavy atom. The zero-order valence-electron chi connectivity index (χ0n) is 19.6. The predicted octanol–water partition coefficient (Wildman–Crippen LogP) is 2.50. The summed E-state index contributed by atoms with van der Waals surface area (Å²) in [6.45, 7) is 12.7. The SMILES string of the molecule is CCNC(=NCC(C)N1CCOCC1)NCC(c1ccccc1OC)N1CCCCC1. The summed E-state index contributed by atoms with van der Waals surface area (Å²) in [5.41, 5.74) is 1.25. The maximum Gasteiger partial charge on any atom is 0.191 e. The quantitative estimate of drug-likeness (QED) is 0.463. The van der Waals surface area contributed by atoms with Crippen molar-refractivity contribution in [2.75, 3.05) is 66.1 Å². The molecule has 2 aliphatic rings. The van der Waals surface area contributed by atoms with Crippen LogP contribution in [0, 0.1) is 0 Å². The Bertz CT molecular complexity index is 672. The van der Waals surface area contributed by atoms with Gasteiger partial charge in [-0.1, -0.05) is 24.6 Å². The third kappa shape index (κ3) is 7.09. The first-order valence-corrected chi connectivity index (χ1v) is 11.9. The van der Waals surface area contributed by atoms with E-state index >= 15 is 0 Å². The minimum Gasteiger partial charge on any atom is -0.496 e. The molecule has 2 fully saturated rings. The molecule has 2 atom stereocenters. The molecule has 0 aromatic heterocycles. The number of piperidine rings is 1. The average molecular weight is 432 g/mol. The molecule has 1 aromatic carbocycles. The van der Waals surface area contributed by atoms with Gasteiger partial charge in [0.05, 0.1) is 32.9 Å². The number of likely N-dealkylation sites (tertiary alicyclic amines) is 1. The molecular weight excluding hydrogens is 390 g/mol. The Kier molecular flexibility index (Phi) is 9.90. The number of hydrogen-bond acceptors (Lipinski definition) is 5. The van der Waals surface area contributed by atoms with Crippen LogP contribution in [0.3, 0.4) is 0 Å². The topological polar surface area (TPSA) is 61.4 Å². The van der Waals surface area contributed by atoms with Gasteiger partial charge in [-0.05, 0) is 45.8 Å². The van der Waals surface area contributed by atoms with E-state index in [1.807, 2.05) is 6.07 Å². The van der Waals surface area contributed by atoms with Gasteiger partial charge in [0.25, 0.3) is 0 Å². The number of para-hydroxylation sites is 1. The van der Waals surface area contributed by atoms with Crippen molar-refractivity contribution in [3.8, 4) is 5.75 Å². The van der Waals surface area contributed by atoms with Gasteiger partial charge in [-0.25, -0.2) is 0 Å². The number of nitrogens with one attached hydrogen (secondary N) is 2. The number of benzene rings is 1. The lowest BCUT2D eigenvalue weighted by molar-refractivity contribution is 0.0220. The second kappa shape index (κ2) is 12.9. The van der Waals surface area contributed by atoms with E-state index in [1.54, 1.807) is 7.11 Å². The van der Waals surface area contributed by atoms with Crippen LogP contribution in [0.15, 0.2) is 29.3 Å². The second-order valence-corrected chi connectivity index (χ2v) is 8.45. The monoisotopic (exact) mass is 431 g/mol. The average Bonchev–Trinajstić information content (AvgIpc) is 2.84. The van der Waals surface area contributed by atoms with Gasteiger partial charge in [0, 0.05) is 37.8 Å². The molecule has 174 valence electrons. The maximum atomic E-state index is 5.70. The molecular formula is C24H41N5O2. The number of rotatable bonds is 9. The van der Waals surface area contributed by atoms with Crippen LogP contribution in [-0.2, 0) is 4.74 Å². The van der Waals surface area contributed by atoms with Gasteiger partial charge in [0.2, 0.25) is 0 Å². The Morgan fingerprint density at radius 3 is 2.52 bits per heavy atom. The van der Waals surface area contributed by atoms with Crippen molar-refractivity contribution in [3.63, 3.8) is 0 Å². The molecule has 7 nitrogen and oxygen atoms in total. The predicted molar refractivity (Wildman–Crippen MR) is 127 cm³/mol. The summed E-state index contributed by atoms with van der Waals surface area (Å²) in [6.07, 6.45) is 3.85. The van der Waals surface area contributed by atoms with Crippen molar-refractivity contribution in [1.29, 1.82) is 0 Å². The highest BCUT2D eigenvalue weighted by atomic mass is 16.5. The third-order valence-electron chi connectivity index (χ3n) is 6.32. The normalized spacial score (nSPS) is 20.8. The maximum absolute atomic E-state index is 5.70. The van der Waals surface area contributed by atoms with Gasteiger partial charge in [-0.15, -0.1) is 0 Å². The Hall–Kier alpha value is -1.83. The number of guanidine groups is 1. The van der Waals surface area contributed by atoms with Crippen molar-refractivity contribution in [2.24, 2.45) is 4.99 Å². The van der Waals surface area contributed by atoms with E-state index in [4.69, 9.17) is 14.5 Å². The fraction of sp³-hybridized carbons (Fsp3) is 0.708. The molecule has 31 heavy (non-hydrogen) atoms. The number of hydrogen-bond donors (Lipinski definition) is 2. The fourth-order valence-corrected chi connectivity index (χ4v) is 4.50. The molecule has 0 amide bonds. The Morgan fingerprint density at radius 2 is 1.81 bits per heavy atom. The molecule has 0 saturated carbocycles. The van der Waals surface area contributed by atoms with Crippen molar-refractivity contribution in [3.05, 3.63) is 29.8 Å².